The molecule has 0 radical (unpaired) electrons. The quantitative estimate of drug-likeness (QED) is 0.146. The molecule has 0 saturated carbocycles. The third kappa shape index (κ3) is 21.9. The number of unbranched alkanes of at least 4 members (excludes halogenated alkanes) is 9. The van der Waals surface area contributed by atoms with Gasteiger partial charge in [-0.2, -0.15) is 0 Å². The van der Waals surface area contributed by atoms with Crippen molar-refractivity contribution in [3.8, 4) is 0 Å². The van der Waals surface area contributed by atoms with Gasteiger partial charge in [0.05, 0.1) is 12.7 Å². The third-order valence-electron chi connectivity index (χ3n) is 3.35. The van der Waals surface area contributed by atoms with E-state index in [4.69, 9.17) is 14.7 Å². The topological polar surface area (TPSA) is 113 Å². The molecule has 0 rings (SSSR count). The molecule has 152 valence electrons. The van der Waals surface area contributed by atoms with Crippen LogP contribution in [0.1, 0.15) is 78.1 Å². The van der Waals surface area contributed by atoms with Gasteiger partial charge in [0.2, 0.25) is 0 Å². The predicted octanol–water partition coefficient (Wildman–Crippen LogP) is 4.15. The van der Waals surface area contributed by atoms with E-state index in [1.54, 1.807) is 0 Å². The lowest BCUT2D eigenvalue weighted by Crippen LogP contribution is -2.15. The first-order valence-corrected chi connectivity index (χ1v) is 10.5. The number of hydrogen-bond donors (Lipinski definition) is 2. The van der Waals surface area contributed by atoms with E-state index >= 15 is 0 Å². The molecule has 2 N–H and O–H groups in total. The summed E-state index contributed by atoms with van der Waals surface area (Å²) in [7, 11) is -4.55. The standard InChI is InChI=1S/C15H33O9P/c1-3-4-5-6-7-8-9-10-11-12-13-19-22-24-23-20-14-15(2)21-25(16,17)18/h15H,3-14H2,1-2H3,(H2,16,17,18). The lowest BCUT2D eigenvalue weighted by Gasteiger charge is -2.11. The van der Waals surface area contributed by atoms with Gasteiger partial charge in [-0.15, -0.1) is 0 Å². The average Bonchev–Trinajstić information content (AvgIpc) is 2.53. The molecular weight excluding hydrogens is 355 g/mol. The fourth-order valence-electron chi connectivity index (χ4n) is 2.12. The molecule has 0 saturated heterocycles. The van der Waals surface area contributed by atoms with Gasteiger partial charge in [-0.3, -0.25) is 4.52 Å². The molecule has 0 bridgehead atoms. The molecule has 0 aromatic carbocycles. The lowest BCUT2D eigenvalue weighted by molar-refractivity contribution is -0.709. The van der Waals surface area contributed by atoms with E-state index in [-0.39, 0.29) is 6.61 Å². The van der Waals surface area contributed by atoms with Crippen LogP contribution >= 0.6 is 7.82 Å². The highest BCUT2D eigenvalue weighted by Crippen LogP contribution is 2.37. The Morgan fingerprint density at radius 3 is 1.88 bits per heavy atom. The first-order chi connectivity index (χ1) is 12.0. The molecule has 0 spiro atoms. The van der Waals surface area contributed by atoms with Crippen LogP contribution in [0.4, 0.5) is 0 Å². The molecule has 1 unspecified atom stereocenters. The van der Waals surface area contributed by atoms with Crippen LogP contribution in [0.2, 0.25) is 0 Å². The number of rotatable bonds is 19. The number of phosphoric ester groups is 1. The van der Waals surface area contributed by atoms with E-state index in [0.717, 1.165) is 12.8 Å². The van der Waals surface area contributed by atoms with E-state index < -0.39 is 13.9 Å². The van der Waals surface area contributed by atoms with Gasteiger partial charge in [0.1, 0.15) is 6.61 Å². The molecule has 0 aromatic rings. The Bertz CT molecular complexity index is 324. The average molecular weight is 388 g/mol. The summed E-state index contributed by atoms with van der Waals surface area (Å²) in [6.07, 6.45) is 11.4. The fraction of sp³-hybridized carbons (Fsp3) is 1.00. The second kappa shape index (κ2) is 17.3. The van der Waals surface area contributed by atoms with Crippen LogP contribution in [0.5, 0.6) is 0 Å². The fourth-order valence-corrected chi connectivity index (χ4v) is 2.65. The highest BCUT2D eigenvalue weighted by atomic mass is 31.2. The van der Waals surface area contributed by atoms with E-state index in [0.29, 0.717) is 6.61 Å². The largest absolute Gasteiger partial charge is 0.469 e. The van der Waals surface area contributed by atoms with Gasteiger partial charge in [0.25, 0.3) is 0 Å². The van der Waals surface area contributed by atoms with Crippen molar-refractivity contribution < 1.29 is 43.8 Å². The minimum Gasteiger partial charge on any atom is -0.303 e. The first kappa shape index (κ1) is 24.9. The number of hydrogen-bond acceptors (Lipinski definition) is 7. The van der Waals surface area contributed by atoms with Gasteiger partial charge >= 0.3 is 7.82 Å². The lowest BCUT2D eigenvalue weighted by atomic mass is 10.1. The Morgan fingerprint density at radius 1 is 0.800 bits per heavy atom. The van der Waals surface area contributed by atoms with Crippen molar-refractivity contribution in [2.24, 2.45) is 0 Å². The molecular formula is C15H33O9P. The van der Waals surface area contributed by atoms with E-state index in [1.807, 2.05) is 0 Å². The van der Waals surface area contributed by atoms with Crippen LogP contribution in [-0.2, 0) is 34.0 Å². The van der Waals surface area contributed by atoms with Gasteiger partial charge < -0.3 is 9.79 Å². The van der Waals surface area contributed by atoms with Crippen LogP contribution < -0.4 is 0 Å². The summed E-state index contributed by atoms with van der Waals surface area (Å²) in [6.45, 7) is 3.73. The second-order valence-corrected chi connectivity index (χ2v) is 7.09. The van der Waals surface area contributed by atoms with Gasteiger partial charge in [-0.25, -0.2) is 14.3 Å². The van der Waals surface area contributed by atoms with Crippen molar-refractivity contribution in [1.82, 2.24) is 0 Å². The molecule has 0 fully saturated rings. The Morgan fingerprint density at radius 2 is 1.32 bits per heavy atom. The highest BCUT2D eigenvalue weighted by Gasteiger charge is 2.19. The first-order valence-electron chi connectivity index (χ1n) is 8.94. The van der Waals surface area contributed by atoms with Crippen LogP contribution in [0.3, 0.4) is 0 Å². The van der Waals surface area contributed by atoms with E-state index in [1.165, 1.54) is 58.3 Å². The summed E-state index contributed by atoms with van der Waals surface area (Å²) >= 11 is 0. The zero-order valence-corrected chi connectivity index (χ0v) is 16.2. The molecule has 0 heterocycles. The van der Waals surface area contributed by atoms with Crippen LogP contribution in [0.15, 0.2) is 0 Å². The van der Waals surface area contributed by atoms with Gasteiger partial charge in [0, 0.05) is 0 Å². The Hall–Kier alpha value is -0.0900. The van der Waals surface area contributed by atoms with Crippen molar-refractivity contribution in [1.29, 1.82) is 0 Å². The van der Waals surface area contributed by atoms with Gasteiger partial charge in [0.15, 0.2) is 0 Å². The Labute approximate surface area is 149 Å². The van der Waals surface area contributed by atoms with Crippen molar-refractivity contribution in [2.75, 3.05) is 13.2 Å². The maximum Gasteiger partial charge on any atom is 0.469 e. The van der Waals surface area contributed by atoms with E-state index in [9.17, 15) is 4.57 Å². The maximum absolute atomic E-state index is 10.5. The van der Waals surface area contributed by atoms with Crippen molar-refractivity contribution in [2.45, 2.75) is 84.2 Å². The molecule has 10 heteroatoms. The third-order valence-corrected chi connectivity index (χ3v) is 3.99. The van der Waals surface area contributed by atoms with Crippen molar-refractivity contribution in [3.05, 3.63) is 0 Å². The molecule has 0 aliphatic carbocycles. The van der Waals surface area contributed by atoms with Gasteiger partial charge in [-0.1, -0.05) is 64.7 Å². The molecule has 0 amide bonds. The summed E-state index contributed by atoms with van der Waals surface area (Å²) in [5.41, 5.74) is 0. The summed E-state index contributed by atoms with van der Waals surface area (Å²) in [5.74, 6) is 0. The van der Waals surface area contributed by atoms with Crippen molar-refractivity contribution in [3.63, 3.8) is 0 Å². The molecule has 9 nitrogen and oxygen atoms in total. The normalized spacial score (nSPS) is 13.3. The molecule has 0 aliphatic rings. The Balaban J connectivity index is 3.13. The molecule has 0 aromatic heterocycles. The summed E-state index contributed by atoms with van der Waals surface area (Å²) in [4.78, 5) is 26.2. The molecule has 1 atom stereocenters. The number of phosphoric acid groups is 1. The zero-order valence-electron chi connectivity index (χ0n) is 15.3. The predicted molar refractivity (Wildman–Crippen MR) is 89.6 cm³/mol. The maximum atomic E-state index is 10.5. The smallest absolute Gasteiger partial charge is 0.303 e. The van der Waals surface area contributed by atoms with Crippen LogP contribution in [0.25, 0.3) is 0 Å². The highest BCUT2D eigenvalue weighted by molar-refractivity contribution is 7.46. The summed E-state index contributed by atoms with van der Waals surface area (Å²) < 4.78 is 14.8. The summed E-state index contributed by atoms with van der Waals surface area (Å²) in [6, 6.07) is 0. The SMILES string of the molecule is CCCCCCCCCCCCOOOOOCC(C)OP(=O)(O)O. The van der Waals surface area contributed by atoms with Crippen molar-refractivity contribution >= 4 is 7.82 Å². The Kier molecular flexibility index (Phi) is 17.3. The molecule has 25 heavy (non-hydrogen) atoms. The minimum atomic E-state index is -4.55. The minimum absolute atomic E-state index is 0.257. The second-order valence-electron chi connectivity index (χ2n) is 5.90. The van der Waals surface area contributed by atoms with Crippen LogP contribution in [-0.4, -0.2) is 29.1 Å². The zero-order chi connectivity index (χ0) is 18.8. The summed E-state index contributed by atoms with van der Waals surface area (Å²) in [5, 5.41) is 12.5. The van der Waals surface area contributed by atoms with Gasteiger partial charge in [-0.05, 0) is 28.5 Å². The molecule has 0 aliphatic heterocycles. The monoisotopic (exact) mass is 388 g/mol. The van der Waals surface area contributed by atoms with Crippen LogP contribution in [0, 0.1) is 0 Å². The van der Waals surface area contributed by atoms with E-state index in [2.05, 4.69) is 31.4 Å².